The highest BCUT2D eigenvalue weighted by Gasteiger charge is 2.19. The van der Waals surface area contributed by atoms with Gasteiger partial charge in [-0.15, -0.1) is 11.8 Å². The SMILES string of the molecule is CSc1ccccc1C(NN)c1cc(F)ccc1F. The van der Waals surface area contributed by atoms with E-state index in [1.807, 2.05) is 30.5 Å². The van der Waals surface area contributed by atoms with E-state index in [9.17, 15) is 8.78 Å². The maximum Gasteiger partial charge on any atom is 0.128 e. The summed E-state index contributed by atoms with van der Waals surface area (Å²) in [5.41, 5.74) is 3.58. The molecular weight excluding hydrogens is 266 g/mol. The molecule has 0 radical (unpaired) electrons. The summed E-state index contributed by atoms with van der Waals surface area (Å²) in [4.78, 5) is 0.967. The Labute approximate surface area is 115 Å². The third-order valence-electron chi connectivity index (χ3n) is 2.89. The monoisotopic (exact) mass is 280 g/mol. The number of hydrogen-bond donors (Lipinski definition) is 2. The summed E-state index contributed by atoms with van der Waals surface area (Å²) in [6.45, 7) is 0. The summed E-state index contributed by atoms with van der Waals surface area (Å²) >= 11 is 1.53. The average molecular weight is 280 g/mol. The Bertz CT molecular complexity index is 575. The van der Waals surface area contributed by atoms with E-state index in [0.717, 1.165) is 28.7 Å². The summed E-state index contributed by atoms with van der Waals surface area (Å²) in [5, 5.41) is 0. The number of halogens is 2. The molecule has 0 aliphatic carbocycles. The van der Waals surface area contributed by atoms with Crippen molar-refractivity contribution >= 4 is 11.8 Å². The molecule has 0 aliphatic rings. The van der Waals surface area contributed by atoms with Crippen LogP contribution in [0, 0.1) is 11.6 Å². The second kappa shape index (κ2) is 6.14. The van der Waals surface area contributed by atoms with Gasteiger partial charge in [0.25, 0.3) is 0 Å². The molecule has 3 N–H and O–H groups in total. The van der Waals surface area contributed by atoms with Crippen molar-refractivity contribution in [2.45, 2.75) is 10.9 Å². The summed E-state index contributed by atoms with van der Waals surface area (Å²) in [7, 11) is 0. The molecule has 0 aliphatic heterocycles. The first kappa shape index (κ1) is 14.0. The van der Waals surface area contributed by atoms with Crippen LogP contribution in [0.2, 0.25) is 0 Å². The third-order valence-corrected chi connectivity index (χ3v) is 3.70. The van der Waals surface area contributed by atoms with Crippen LogP contribution >= 0.6 is 11.8 Å². The Balaban J connectivity index is 2.53. The van der Waals surface area contributed by atoms with Gasteiger partial charge in [-0.3, -0.25) is 5.84 Å². The van der Waals surface area contributed by atoms with Crippen LogP contribution in [0.5, 0.6) is 0 Å². The van der Waals surface area contributed by atoms with Gasteiger partial charge >= 0.3 is 0 Å². The molecule has 2 aromatic rings. The lowest BCUT2D eigenvalue weighted by molar-refractivity contribution is 0.542. The van der Waals surface area contributed by atoms with Crippen LogP contribution in [-0.4, -0.2) is 6.26 Å². The quantitative estimate of drug-likeness (QED) is 0.513. The highest BCUT2D eigenvalue weighted by molar-refractivity contribution is 7.98. The van der Waals surface area contributed by atoms with Crippen molar-refractivity contribution in [1.29, 1.82) is 0 Å². The van der Waals surface area contributed by atoms with Crippen molar-refractivity contribution in [2.24, 2.45) is 5.84 Å². The highest BCUT2D eigenvalue weighted by atomic mass is 32.2. The lowest BCUT2D eigenvalue weighted by Crippen LogP contribution is -2.30. The van der Waals surface area contributed by atoms with E-state index >= 15 is 0 Å². The Morgan fingerprint density at radius 3 is 2.53 bits per heavy atom. The van der Waals surface area contributed by atoms with Crippen molar-refractivity contribution in [3.8, 4) is 0 Å². The molecule has 0 bridgehead atoms. The number of rotatable bonds is 4. The highest BCUT2D eigenvalue weighted by Crippen LogP contribution is 2.31. The zero-order chi connectivity index (χ0) is 13.8. The number of hydrogen-bond acceptors (Lipinski definition) is 3. The predicted molar refractivity (Wildman–Crippen MR) is 73.7 cm³/mol. The molecule has 1 atom stereocenters. The Hall–Kier alpha value is -1.43. The fourth-order valence-corrected chi connectivity index (χ4v) is 2.62. The Morgan fingerprint density at radius 2 is 1.84 bits per heavy atom. The molecule has 2 nitrogen and oxygen atoms in total. The first-order valence-electron chi connectivity index (χ1n) is 5.71. The molecule has 2 rings (SSSR count). The zero-order valence-electron chi connectivity index (χ0n) is 10.4. The first-order valence-corrected chi connectivity index (χ1v) is 6.94. The average Bonchev–Trinajstić information content (AvgIpc) is 2.44. The minimum Gasteiger partial charge on any atom is -0.271 e. The van der Waals surface area contributed by atoms with E-state index in [-0.39, 0.29) is 5.56 Å². The molecule has 0 spiro atoms. The van der Waals surface area contributed by atoms with Gasteiger partial charge in [0.15, 0.2) is 0 Å². The molecule has 1 unspecified atom stereocenters. The van der Waals surface area contributed by atoms with Gasteiger partial charge in [0.1, 0.15) is 11.6 Å². The Kier molecular flexibility index (Phi) is 4.52. The molecule has 0 heterocycles. The van der Waals surface area contributed by atoms with E-state index in [4.69, 9.17) is 5.84 Å². The second-order valence-corrected chi connectivity index (χ2v) is 4.86. The smallest absolute Gasteiger partial charge is 0.128 e. The minimum absolute atomic E-state index is 0.198. The van der Waals surface area contributed by atoms with Crippen molar-refractivity contribution in [2.75, 3.05) is 6.26 Å². The van der Waals surface area contributed by atoms with E-state index in [2.05, 4.69) is 5.43 Å². The van der Waals surface area contributed by atoms with Crippen LogP contribution < -0.4 is 11.3 Å². The first-order chi connectivity index (χ1) is 9.17. The second-order valence-electron chi connectivity index (χ2n) is 4.01. The summed E-state index contributed by atoms with van der Waals surface area (Å²) in [6, 6.07) is 10.3. The summed E-state index contributed by atoms with van der Waals surface area (Å²) in [6.07, 6.45) is 1.92. The van der Waals surface area contributed by atoms with Gasteiger partial charge in [-0.1, -0.05) is 18.2 Å². The lowest BCUT2D eigenvalue weighted by atomic mass is 9.98. The fraction of sp³-hybridized carbons (Fsp3) is 0.143. The topological polar surface area (TPSA) is 38.0 Å². The van der Waals surface area contributed by atoms with E-state index in [1.165, 1.54) is 11.8 Å². The van der Waals surface area contributed by atoms with Crippen LogP contribution in [0.25, 0.3) is 0 Å². The summed E-state index contributed by atoms with van der Waals surface area (Å²) < 4.78 is 27.2. The van der Waals surface area contributed by atoms with E-state index in [0.29, 0.717) is 0 Å². The van der Waals surface area contributed by atoms with Crippen LogP contribution in [0.1, 0.15) is 17.2 Å². The van der Waals surface area contributed by atoms with Gasteiger partial charge in [0.2, 0.25) is 0 Å². The zero-order valence-corrected chi connectivity index (χ0v) is 11.2. The number of thioether (sulfide) groups is 1. The number of nitrogens with two attached hydrogens (primary N) is 1. The lowest BCUT2D eigenvalue weighted by Gasteiger charge is -2.20. The molecule has 5 heteroatoms. The van der Waals surface area contributed by atoms with Crippen molar-refractivity contribution in [3.05, 3.63) is 65.2 Å². The van der Waals surface area contributed by atoms with Crippen LogP contribution in [-0.2, 0) is 0 Å². The maximum absolute atomic E-state index is 13.9. The molecular formula is C14H14F2N2S. The molecule has 0 aromatic heterocycles. The van der Waals surface area contributed by atoms with Crippen LogP contribution in [0.3, 0.4) is 0 Å². The third kappa shape index (κ3) is 2.94. The number of nitrogens with one attached hydrogen (secondary N) is 1. The van der Waals surface area contributed by atoms with Gasteiger partial charge in [-0.2, -0.15) is 0 Å². The molecule has 19 heavy (non-hydrogen) atoms. The normalized spacial score (nSPS) is 12.4. The Morgan fingerprint density at radius 1 is 1.11 bits per heavy atom. The minimum atomic E-state index is -0.584. The maximum atomic E-state index is 13.9. The van der Waals surface area contributed by atoms with E-state index in [1.54, 1.807) is 0 Å². The van der Waals surface area contributed by atoms with Crippen molar-refractivity contribution in [1.82, 2.24) is 5.43 Å². The number of hydrazine groups is 1. The largest absolute Gasteiger partial charge is 0.271 e. The predicted octanol–water partition coefficient (Wildman–Crippen LogP) is 3.24. The van der Waals surface area contributed by atoms with Crippen molar-refractivity contribution < 1.29 is 8.78 Å². The van der Waals surface area contributed by atoms with Gasteiger partial charge in [0.05, 0.1) is 6.04 Å². The summed E-state index contributed by atoms with van der Waals surface area (Å²) in [5.74, 6) is 4.56. The number of benzene rings is 2. The van der Waals surface area contributed by atoms with Gasteiger partial charge in [-0.05, 0) is 36.1 Å². The molecule has 0 fully saturated rings. The fourth-order valence-electron chi connectivity index (χ4n) is 1.99. The van der Waals surface area contributed by atoms with Crippen LogP contribution in [0.15, 0.2) is 47.4 Å². The van der Waals surface area contributed by atoms with Gasteiger partial charge in [0, 0.05) is 10.5 Å². The van der Waals surface area contributed by atoms with Gasteiger partial charge in [-0.25, -0.2) is 14.2 Å². The molecule has 2 aromatic carbocycles. The molecule has 100 valence electrons. The molecule has 0 saturated heterocycles. The standard InChI is InChI=1S/C14H14F2N2S/c1-19-13-5-3-2-4-10(13)14(18-17)11-8-9(15)6-7-12(11)16/h2-8,14,18H,17H2,1H3. The van der Waals surface area contributed by atoms with E-state index < -0.39 is 17.7 Å². The van der Waals surface area contributed by atoms with Crippen molar-refractivity contribution in [3.63, 3.8) is 0 Å². The van der Waals surface area contributed by atoms with Crippen LogP contribution in [0.4, 0.5) is 8.78 Å². The molecule has 0 amide bonds. The van der Waals surface area contributed by atoms with Gasteiger partial charge < -0.3 is 0 Å². The molecule has 0 saturated carbocycles.